The minimum atomic E-state index is 0.562. The number of pyridine rings is 1. The van der Waals surface area contributed by atoms with Gasteiger partial charge in [-0.3, -0.25) is 4.57 Å². The van der Waals surface area contributed by atoms with Gasteiger partial charge < -0.3 is 4.74 Å². The third kappa shape index (κ3) is 6.96. The SMILES string of the molecule is Cc1ccnc(-n2c3ccccc3c3ccc(Oc4cccc(-n5cc(-c6c(CC(C)C)cc(CC(C)C)cc6CC(C)C)cn5)c4)cc32)c1. The summed E-state index contributed by atoms with van der Waals surface area (Å²) in [6.45, 7) is 16.0. The standard InChI is InChI=1S/C45H48N4O/c1-29(2)19-33-23-34(20-30(3)4)45(35(24-33)21-31(5)6)36-27-47-48(28-36)37-11-10-12-38(25-37)50-39-15-16-41-40-13-8-9-14-42(40)49(43(41)26-39)44-22-32(7)17-18-46-44/h8-18,22-31H,19-21H2,1-7H3. The molecule has 0 bridgehead atoms. The van der Waals surface area contributed by atoms with Crippen LogP contribution in [-0.4, -0.2) is 19.3 Å². The fourth-order valence-electron chi connectivity index (χ4n) is 7.32. The van der Waals surface area contributed by atoms with Crippen LogP contribution >= 0.6 is 0 Å². The maximum absolute atomic E-state index is 6.55. The van der Waals surface area contributed by atoms with E-state index in [4.69, 9.17) is 14.8 Å². The minimum absolute atomic E-state index is 0.562. The average molecular weight is 661 g/mol. The Balaban J connectivity index is 1.23. The highest BCUT2D eigenvalue weighted by atomic mass is 16.5. The summed E-state index contributed by atoms with van der Waals surface area (Å²) >= 11 is 0. The normalized spacial score (nSPS) is 11.9. The summed E-state index contributed by atoms with van der Waals surface area (Å²) in [6, 6.07) is 32.1. The van der Waals surface area contributed by atoms with Gasteiger partial charge >= 0.3 is 0 Å². The summed E-state index contributed by atoms with van der Waals surface area (Å²) in [4.78, 5) is 4.73. The van der Waals surface area contributed by atoms with Crippen molar-refractivity contribution in [3.63, 3.8) is 0 Å². The van der Waals surface area contributed by atoms with Crippen LogP contribution in [0.5, 0.6) is 11.5 Å². The van der Waals surface area contributed by atoms with Crippen molar-refractivity contribution in [1.82, 2.24) is 19.3 Å². The largest absolute Gasteiger partial charge is 0.457 e. The van der Waals surface area contributed by atoms with E-state index in [1.807, 2.05) is 35.3 Å². The number of nitrogens with zero attached hydrogens (tertiary/aromatic N) is 4. The lowest BCUT2D eigenvalue weighted by atomic mass is 9.85. The quantitative estimate of drug-likeness (QED) is 0.139. The van der Waals surface area contributed by atoms with Crippen LogP contribution in [0.3, 0.4) is 0 Å². The number of fused-ring (bicyclic) bond motifs is 3. The lowest BCUT2D eigenvalue weighted by Gasteiger charge is -2.20. The number of aryl methyl sites for hydroxylation is 1. The topological polar surface area (TPSA) is 44.9 Å². The van der Waals surface area contributed by atoms with Crippen molar-refractivity contribution in [2.24, 2.45) is 17.8 Å². The Morgan fingerprint density at radius 2 is 1.36 bits per heavy atom. The van der Waals surface area contributed by atoms with Crippen molar-refractivity contribution in [2.75, 3.05) is 0 Å². The van der Waals surface area contributed by atoms with Crippen LogP contribution in [0.1, 0.15) is 63.8 Å². The first-order valence-electron chi connectivity index (χ1n) is 18.1. The zero-order valence-corrected chi connectivity index (χ0v) is 30.4. The molecule has 0 atom stereocenters. The molecule has 5 heteroatoms. The minimum Gasteiger partial charge on any atom is -0.457 e. The second-order valence-corrected chi connectivity index (χ2v) is 15.1. The molecule has 0 N–H and O–H groups in total. The Morgan fingerprint density at radius 1 is 0.660 bits per heavy atom. The monoisotopic (exact) mass is 660 g/mol. The molecular formula is C45H48N4O. The van der Waals surface area contributed by atoms with Crippen LogP contribution < -0.4 is 4.74 Å². The van der Waals surface area contributed by atoms with Gasteiger partial charge in [-0.1, -0.05) is 77.9 Å². The first kappa shape index (κ1) is 33.3. The van der Waals surface area contributed by atoms with Gasteiger partial charge in [0.1, 0.15) is 17.3 Å². The van der Waals surface area contributed by atoms with Gasteiger partial charge in [0.25, 0.3) is 0 Å². The summed E-state index contributed by atoms with van der Waals surface area (Å²) in [5.41, 5.74) is 11.1. The third-order valence-electron chi connectivity index (χ3n) is 9.23. The summed E-state index contributed by atoms with van der Waals surface area (Å²) in [7, 11) is 0. The number of hydrogen-bond donors (Lipinski definition) is 0. The molecule has 0 unspecified atom stereocenters. The molecular weight excluding hydrogens is 613 g/mol. The van der Waals surface area contributed by atoms with Gasteiger partial charge in [-0.05, 0) is 114 Å². The zero-order valence-electron chi connectivity index (χ0n) is 30.4. The predicted molar refractivity (Wildman–Crippen MR) is 208 cm³/mol. The predicted octanol–water partition coefficient (Wildman–Crippen LogP) is 11.7. The molecule has 3 aromatic heterocycles. The fraction of sp³-hybridized carbons (Fsp3) is 0.289. The molecule has 0 saturated heterocycles. The summed E-state index contributed by atoms with van der Waals surface area (Å²) in [5.74, 6) is 4.17. The van der Waals surface area contributed by atoms with E-state index in [1.165, 1.54) is 44.2 Å². The van der Waals surface area contributed by atoms with E-state index >= 15 is 0 Å². The summed E-state index contributed by atoms with van der Waals surface area (Å²) in [6.07, 6.45) is 9.28. The number of para-hydroxylation sites is 1. The van der Waals surface area contributed by atoms with Crippen LogP contribution in [0, 0.1) is 24.7 Å². The van der Waals surface area contributed by atoms with Gasteiger partial charge in [0.15, 0.2) is 0 Å². The second kappa shape index (κ2) is 14.0. The number of aromatic nitrogens is 4. The smallest absolute Gasteiger partial charge is 0.137 e. The van der Waals surface area contributed by atoms with Crippen molar-refractivity contribution < 1.29 is 4.74 Å². The number of ether oxygens (including phenoxy) is 1. The highest BCUT2D eigenvalue weighted by molar-refractivity contribution is 6.09. The average Bonchev–Trinajstić information content (AvgIpc) is 3.67. The molecule has 7 aromatic rings. The number of benzene rings is 4. The highest BCUT2D eigenvalue weighted by Crippen LogP contribution is 2.36. The summed E-state index contributed by atoms with van der Waals surface area (Å²) < 4.78 is 10.8. The van der Waals surface area contributed by atoms with Gasteiger partial charge in [0, 0.05) is 40.9 Å². The molecule has 0 aliphatic carbocycles. The maximum atomic E-state index is 6.55. The van der Waals surface area contributed by atoms with E-state index in [0.717, 1.165) is 53.3 Å². The van der Waals surface area contributed by atoms with Gasteiger partial charge in [-0.25, -0.2) is 9.67 Å². The van der Waals surface area contributed by atoms with Crippen LogP contribution in [0.4, 0.5) is 0 Å². The molecule has 0 saturated carbocycles. The molecule has 4 aromatic carbocycles. The first-order valence-corrected chi connectivity index (χ1v) is 18.1. The van der Waals surface area contributed by atoms with Crippen LogP contribution in [0.25, 0.3) is 44.4 Å². The lowest BCUT2D eigenvalue weighted by molar-refractivity contribution is 0.483. The van der Waals surface area contributed by atoms with Gasteiger partial charge in [0.05, 0.1) is 22.9 Å². The molecule has 0 aliphatic rings. The molecule has 0 spiro atoms. The van der Waals surface area contributed by atoms with E-state index in [2.05, 4.69) is 132 Å². The van der Waals surface area contributed by atoms with Crippen molar-refractivity contribution in [2.45, 2.75) is 67.7 Å². The molecule has 0 aliphatic heterocycles. The molecule has 5 nitrogen and oxygen atoms in total. The van der Waals surface area contributed by atoms with Gasteiger partial charge in [-0.2, -0.15) is 5.10 Å². The molecule has 0 fully saturated rings. The van der Waals surface area contributed by atoms with E-state index in [-0.39, 0.29) is 0 Å². The summed E-state index contributed by atoms with van der Waals surface area (Å²) in [5, 5.41) is 7.25. The van der Waals surface area contributed by atoms with Crippen molar-refractivity contribution >= 4 is 21.8 Å². The Hall–Kier alpha value is -5.16. The van der Waals surface area contributed by atoms with Gasteiger partial charge in [-0.15, -0.1) is 0 Å². The van der Waals surface area contributed by atoms with Gasteiger partial charge in [0.2, 0.25) is 0 Å². The van der Waals surface area contributed by atoms with Crippen LogP contribution in [0.2, 0.25) is 0 Å². The van der Waals surface area contributed by atoms with Crippen LogP contribution in [-0.2, 0) is 19.3 Å². The Morgan fingerprint density at radius 3 is 2.08 bits per heavy atom. The van der Waals surface area contributed by atoms with Crippen molar-refractivity contribution in [3.8, 4) is 34.1 Å². The van der Waals surface area contributed by atoms with Crippen LogP contribution in [0.15, 0.2) is 110 Å². The molecule has 0 radical (unpaired) electrons. The molecule has 7 rings (SSSR count). The fourth-order valence-corrected chi connectivity index (χ4v) is 7.32. The first-order chi connectivity index (χ1) is 24.1. The van der Waals surface area contributed by atoms with Crippen molar-refractivity contribution in [1.29, 1.82) is 0 Å². The highest BCUT2D eigenvalue weighted by Gasteiger charge is 2.18. The second-order valence-electron chi connectivity index (χ2n) is 15.1. The zero-order chi connectivity index (χ0) is 34.9. The maximum Gasteiger partial charge on any atom is 0.137 e. The molecule has 50 heavy (non-hydrogen) atoms. The van der Waals surface area contributed by atoms with E-state index in [0.29, 0.717) is 17.8 Å². The Labute approximate surface area is 296 Å². The van der Waals surface area contributed by atoms with Crippen molar-refractivity contribution in [3.05, 3.63) is 132 Å². The molecule has 254 valence electrons. The number of rotatable bonds is 11. The molecule has 0 amide bonds. The number of hydrogen-bond acceptors (Lipinski definition) is 3. The third-order valence-corrected chi connectivity index (χ3v) is 9.23. The lowest BCUT2D eigenvalue weighted by Crippen LogP contribution is -2.06. The van der Waals surface area contributed by atoms with E-state index in [9.17, 15) is 0 Å². The van der Waals surface area contributed by atoms with E-state index < -0.39 is 0 Å². The Bertz CT molecular complexity index is 2260. The van der Waals surface area contributed by atoms with E-state index in [1.54, 1.807) is 0 Å². The molecule has 3 heterocycles. The Kier molecular flexibility index (Phi) is 9.33.